The summed E-state index contributed by atoms with van der Waals surface area (Å²) in [4.78, 5) is 27.2. The predicted molar refractivity (Wildman–Crippen MR) is 57.1 cm³/mol. The largest absolute Gasteiger partial charge is 0.478 e. The second-order valence-corrected chi connectivity index (χ2v) is 3.39. The fourth-order valence-electron chi connectivity index (χ4n) is 1.03. The van der Waals surface area contributed by atoms with Crippen molar-refractivity contribution in [1.82, 2.24) is 15.2 Å². The maximum Gasteiger partial charge on any atom is 0.335 e. The van der Waals surface area contributed by atoms with E-state index in [9.17, 15) is 9.59 Å². The first-order valence-electron chi connectivity index (χ1n) is 4.64. The van der Waals surface area contributed by atoms with Gasteiger partial charge in [-0.3, -0.25) is 4.98 Å². The first-order chi connectivity index (χ1) is 7.50. The van der Waals surface area contributed by atoms with E-state index in [0.29, 0.717) is 5.69 Å². The summed E-state index contributed by atoms with van der Waals surface area (Å²) < 4.78 is 0. The molecular formula is C10H13N3O3. The summed E-state index contributed by atoms with van der Waals surface area (Å²) in [7, 11) is 3.24. The molecule has 0 aliphatic heterocycles. The van der Waals surface area contributed by atoms with Crippen molar-refractivity contribution in [2.45, 2.75) is 6.54 Å². The molecule has 0 unspecified atom stereocenters. The lowest BCUT2D eigenvalue weighted by atomic mass is 10.2. The molecule has 2 amide bonds. The summed E-state index contributed by atoms with van der Waals surface area (Å²) in [6.07, 6.45) is 1.40. The number of hydrogen-bond acceptors (Lipinski definition) is 3. The quantitative estimate of drug-likeness (QED) is 0.784. The van der Waals surface area contributed by atoms with Gasteiger partial charge in [-0.25, -0.2) is 9.59 Å². The van der Waals surface area contributed by atoms with E-state index >= 15 is 0 Å². The zero-order chi connectivity index (χ0) is 12.1. The molecule has 0 spiro atoms. The Kier molecular flexibility index (Phi) is 3.82. The molecule has 6 nitrogen and oxygen atoms in total. The van der Waals surface area contributed by atoms with Gasteiger partial charge in [0.25, 0.3) is 0 Å². The van der Waals surface area contributed by atoms with Gasteiger partial charge in [0, 0.05) is 20.3 Å². The summed E-state index contributed by atoms with van der Waals surface area (Å²) in [5.74, 6) is -1.01. The molecule has 0 radical (unpaired) electrons. The number of rotatable bonds is 3. The molecule has 0 saturated heterocycles. The topological polar surface area (TPSA) is 82.5 Å². The Morgan fingerprint density at radius 3 is 2.75 bits per heavy atom. The van der Waals surface area contributed by atoms with Crippen LogP contribution >= 0.6 is 0 Å². The highest BCUT2D eigenvalue weighted by molar-refractivity contribution is 5.87. The average Bonchev–Trinajstić information content (AvgIpc) is 2.26. The molecule has 1 aromatic heterocycles. The molecule has 6 heteroatoms. The van der Waals surface area contributed by atoms with Gasteiger partial charge in [0.2, 0.25) is 0 Å². The number of aromatic carboxylic acids is 1. The predicted octanol–water partition coefficient (Wildman–Crippen LogP) is 0.551. The van der Waals surface area contributed by atoms with Crippen LogP contribution in [0, 0.1) is 0 Å². The van der Waals surface area contributed by atoms with Crippen molar-refractivity contribution in [1.29, 1.82) is 0 Å². The van der Waals surface area contributed by atoms with Gasteiger partial charge in [0.05, 0.1) is 17.8 Å². The molecule has 0 aliphatic rings. The van der Waals surface area contributed by atoms with Crippen LogP contribution in [0.5, 0.6) is 0 Å². The van der Waals surface area contributed by atoms with Crippen molar-refractivity contribution < 1.29 is 14.7 Å². The highest BCUT2D eigenvalue weighted by Crippen LogP contribution is 2.01. The first kappa shape index (κ1) is 12.0. The van der Waals surface area contributed by atoms with Crippen molar-refractivity contribution in [2.24, 2.45) is 0 Å². The van der Waals surface area contributed by atoms with Gasteiger partial charge in [-0.1, -0.05) is 0 Å². The van der Waals surface area contributed by atoms with Crippen LogP contribution in [0.3, 0.4) is 0 Å². The molecule has 86 valence electrons. The summed E-state index contributed by atoms with van der Waals surface area (Å²) in [6, 6.07) is 2.58. The lowest BCUT2D eigenvalue weighted by Gasteiger charge is -2.11. The fraction of sp³-hybridized carbons (Fsp3) is 0.300. The number of nitrogens with one attached hydrogen (secondary N) is 1. The first-order valence-corrected chi connectivity index (χ1v) is 4.64. The Morgan fingerprint density at radius 1 is 1.50 bits per heavy atom. The number of pyridine rings is 1. The standard InChI is InChI=1S/C10H13N3O3/c1-13(2)10(16)12-6-8-5-7(9(14)15)3-4-11-8/h3-5H,6H2,1-2H3,(H,12,16)(H,14,15). The van der Waals surface area contributed by atoms with Crippen molar-refractivity contribution in [3.63, 3.8) is 0 Å². The molecule has 2 N–H and O–H groups in total. The molecule has 1 heterocycles. The minimum absolute atomic E-state index is 0.157. The third-order valence-corrected chi connectivity index (χ3v) is 1.89. The van der Waals surface area contributed by atoms with E-state index in [1.54, 1.807) is 14.1 Å². The minimum atomic E-state index is -1.01. The monoisotopic (exact) mass is 223 g/mol. The molecule has 1 aromatic rings. The number of urea groups is 1. The summed E-state index contributed by atoms with van der Waals surface area (Å²) in [5.41, 5.74) is 0.666. The Labute approximate surface area is 92.9 Å². The number of carbonyl (C=O) groups is 2. The zero-order valence-electron chi connectivity index (χ0n) is 9.10. The van der Waals surface area contributed by atoms with E-state index < -0.39 is 5.97 Å². The van der Waals surface area contributed by atoms with E-state index in [0.717, 1.165) is 0 Å². The lowest BCUT2D eigenvalue weighted by molar-refractivity contribution is 0.0696. The highest BCUT2D eigenvalue weighted by atomic mass is 16.4. The van der Waals surface area contributed by atoms with Gasteiger partial charge >= 0.3 is 12.0 Å². The van der Waals surface area contributed by atoms with Gasteiger partial charge in [0.15, 0.2) is 0 Å². The number of carboxylic acid groups (broad SMARTS) is 1. The minimum Gasteiger partial charge on any atom is -0.478 e. The maximum atomic E-state index is 11.2. The average molecular weight is 223 g/mol. The second kappa shape index (κ2) is 5.11. The zero-order valence-corrected chi connectivity index (χ0v) is 9.10. The molecule has 0 fully saturated rings. The molecule has 1 rings (SSSR count). The molecule has 0 bridgehead atoms. The molecule has 0 atom stereocenters. The lowest BCUT2D eigenvalue weighted by Crippen LogP contribution is -2.34. The molecule has 0 saturated carbocycles. The van der Waals surface area contributed by atoms with Crippen LogP contribution in [0.15, 0.2) is 18.3 Å². The molecule has 16 heavy (non-hydrogen) atoms. The van der Waals surface area contributed by atoms with Crippen molar-refractivity contribution >= 4 is 12.0 Å². The van der Waals surface area contributed by atoms with Crippen LogP contribution in [-0.2, 0) is 6.54 Å². The van der Waals surface area contributed by atoms with Crippen LogP contribution in [-0.4, -0.2) is 41.1 Å². The second-order valence-electron chi connectivity index (χ2n) is 3.39. The van der Waals surface area contributed by atoms with E-state index in [4.69, 9.17) is 5.11 Å². The smallest absolute Gasteiger partial charge is 0.335 e. The Morgan fingerprint density at radius 2 is 2.19 bits per heavy atom. The van der Waals surface area contributed by atoms with Crippen molar-refractivity contribution in [2.75, 3.05) is 14.1 Å². The van der Waals surface area contributed by atoms with E-state index in [-0.39, 0.29) is 18.1 Å². The van der Waals surface area contributed by atoms with Gasteiger partial charge in [-0.15, -0.1) is 0 Å². The number of carbonyl (C=O) groups excluding carboxylic acids is 1. The fourth-order valence-corrected chi connectivity index (χ4v) is 1.03. The third-order valence-electron chi connectivity index (χ3n) is 1.89. The number of nitrogens with zero attached hydrogens (tertiary/aromatic N) is 2. The van der Waals surface area contributed by atoms with Crippen LogP contribution in [0.2, 0.25) is 0 Å². The molecule has 0 aromatic carbocycles. The van der Waals surface area contributed by atoms with Crippen LogP contribution in [0.4, 0.5) is 4.79 Å². The summed E-state index contributed by atoms with van der Waals surface area (Å²) in [5, 5.41) is 11.3. The summed E-state index contributed by atoms with van der Waals surface area (Å²) >= 11 is 0. The number of amides is 2. The number of aromatic nitrogens is 1. The number of carboxylic acids is 1. The van der Waals surface area contributed by atoms with Gasteiger partial charge < -0.3 is 15.3 Å². The van der Waals surface area contributed by atoms with Gasteiger partial charge in [-0.2, -0.15) is 0 Å². The van der Waals surface area contributed by atoms with Crippen molar-refractivity contribution in [3.05, 3.63) is 29.6 Å². The SMILES string of the molecule is CN(C)C(=O)NCc1cc(C(=O)O)ccn1. The third kappa shape index (κ3) is 3.23. The Bertz CT molecular complexity index is 404. The van der Waals surface area contributed by atoms with Gasteiger partial charge in [0.1, 0.15) is 0 Å². The number of hydrogen-bond donors (Lipinski definition) is 2. The van der Waals surface area contributed by atoms with E-state index in [2.05, 4.69) is 10.3 Å². The van der Waals surface area contributed by atoms with Crippen molar-refractivity contribution in [3.8, 4) is 0 Å². The van der Waals surface area contributed by atoms with Crippen LogP contribution in [0.25, 0.3) is 0 Å². The Hall–Kier alpha value is -2.11. The maximum absolute atomic E-state index is 11.2. The van der Waals surface area contributed by atoms with E-state index in [1.165, 1.54) is 23.2 Å². The van der Waals surface area contributed by atoms with E-state index in [1.807, 2.05) is 0 Å². The van der Waals surface area contributed by atoms with Gasteiger partial charge in [-0.05, 0) is 12.1 Å². The molecular weight excluding hydrogens is 210 g/mol. The normalized spacial score (nSPS) is 9.62. The van der Waals surface area contributed by atoms with Crippen LogP contribution in [0.1, 0.15) is 16.1 Å². The van der Waals surface area contributed by atoms with Crippen LogP contribution < -0.4 is 5.32 Å². The summed E-state index contributed by atoms with van der Waals surface area (Å²) in [6.45, 7) is 0.206. The molecule has 0 aliphatic carbocycles. The Balaban J connectivity index is 2.64. The highest BCUT2D eigenvalue weighted by Gasteiger charge is 2.06.